The maximum atomic E-state index is 12.9. The lowest BCUT2D eigenvalue weighted by Gasteiger charge is -2.42. The second kappa shape index (κ2) is 7.11. The van der Waals surface area contributed by atoms with Crippen LogP contribution in [0.1, 0.15) is 46.0 Å². The van der Waals surface area contributed by atoms with E-state index in [-0.39, 0.29) is 30.8 Å². The second-order valence-electron chi connectivity index (χ2n) is 6.10. The minimum Gasteiger partial charge on any atom is -0.480 e. The van der Waals surface area contributed by atoms with Gasteiger partial charge in [0.25, 0.3) is 0 Å². The number of carbonyl (C=O) groups is 2. The van der Waals surface area contributed by atoms with Crippen molar-refractivity contribution in [2.75, 3.05) is 19.7 Å². The Bertz CT molecular complexity index is 382. The van der Waals surface area contributed by atoms with Gasteiger partial charge in [-0.25, -0.2) is 4.79 Å². The number of morpholine rings is 1. The van der Waals surface area contributed by atoms with Gasteiger partial charge in [-0.2, -0.15) is 0 Å². The molecule has 0 aromatic heterocycles. The highest BCUT2D eigenvalue weighted by Crippen LogP contribution is 2.26. The fraction of sp³-hybridized carbons (Fsp3) is 0.867. The highest BCUT2D eigenvalue weighted by Gasteiger charge is 2.36. The van der Waals surface area contributed by atoms with Crippen molar-refractivity contribution in [3.05, 3.63) is 0 Å². The molecule has 2 atom stereocenters. The molecule has 1 saturated carbocycles. The third-order valence-corrected chi connectivity index (χ3v) is 4.50. The zero-order valence-electron chi connectivity index (χ0n) is 13.0. The molecule has 1 heterocycles. The molecule has 0 aromatic rings. The molecule has 1 aliphatic heterocycles. The lowest BCUT2D eigenvalue weighted by molar-refractivity contribution is -0.138. The molecule has 2 rings (SSSR count). The number of ether oxygens (including phenoxy) is 1. The molecule has 0 spiro atoms. The highest BCUT2D eigenvalue weighted by molar-refractivity contribution is 5.81. The summed E-state index contributed by atoms with van der Waals surface area (Å²) in [5.41, 5.74) is 0. The van der Waals surface area contributed by atoms with Gasteiger partial charge in [0.1, 0.15) is 6.54 Å². The Hall–Kier alpha value is -1.30. The lowest BCUT2D eigenvalue weighted by Crippen LogP contribution is -2.57. The van der Waals surface area contributed by atoms with E-state index >= 15 is 0 Å². The van der Waals surface area contributed by atoms with Gasteiger partial charge in [0.15, 0.2) is 0 Å². The predicted molar refractivity (Wildman–Crippen MR) is 78.2 cm³/mol. The molecule has 0 aromatic carbocycles. The maximum absolute atomic E-state index is 12.9. The summed E-state index contributed by atoms with van der Waals surface area (Å²) >= 11 is 0. The number of carboxylic acids is 1. The minimum absolute atomic E-state index is 0.00649. The van der Waals surface area contributed by atoms with Crippen molar-refractivity contribution < 1.29 is 19.4 Å². The van der Waals surface area contributed by atoms with Crippen LogP contribution in [0.3, 0.4) is 0 Å². The summed E-state index contributed by atoms with van der Waals surface area (Å²) in [6.07, 6.45) is 4.80. The number of urea groups is 1. The first-order valence-electron chi connectivity index (χ1n) is 7.93. The van der Waals surface area contributed by atoms with E-state index < -0.39 is 5.97 Å². The topological polar surface area (TPSA) is 70.1 Å². The molecule has 2 amide bonds. The van der Waals surface area contributed by atoms with Gasteiger partial charge in [0.2, 0.25) is 0 Å². The Kier molecular flexibility index (Phi) is 5.45. The van der Waals surface area contributed by atoms with E-state index in [1.807, 2.05) is 18.7 Å². The standard InChI is InChI=1S/C15H26N2O4/c1-3-12-10-21-11(2)8-16(12)15(20)17(9-14(18)19)13-6-4-5-7-13/h11-13H,3-10H2,1-2H3,(H,18,19). The van der Waals surface area contributed by atoms with Crippen LogP contribution < -0.4 is 0 Å². The summed E-state index contributed by atoms with van der Waals surface area (Å²) in [5.74, 6) is -0.940. The average molecular weight is 298 g/mol. The first-order valence-corrected chi connectivity index (χ1v) is 7.93. The lowest BCUT2D eigenvalue weighted by atomic mass is 10.1. The van der Waals surface area contributed by atoms with Crippen molar-refractivity contribution in [2.24, 2.45) is 0 Å². The smallest absolute Gasteiger partial charge is 0.323 e. The summed E-state index contributed by atoms with van der Waals surface area (Å²) in [6.45, 7) is 4.85. The summed E-state index contributed by atoms with van der Waals surface area (Å²) in [7, 11) is 0. The van der Waals surface area contributed by atoms with E-state index in [9.17, 15) is 9.59 Å². The quantitative estimate of drug-likeness (QED) is 0.861. The van der Waals surface area contributed by atoms with Gasteiger partial charge in [-0.15, -0.1) is 0 Å². The molecule has 6 nitrogen and oxygen atoms in total. The molecular formula is C15H26N2O4. The molecule has 1 saturated heterocycles. The van der Waals surface area contributed by atoms with Crippen LogP contribution in [-0.2, 0) is 9.53 Å². The molecule has 120 valence electrons. The minimum atomic E-state index is -0.940. The monoisotopic (exact) mass is 298 g/mol. The van der Waals surface area contributed by atoms with Crippen LogP contribution in [0.15, 0.2) is 0 Å². The van der Waals surface area contributed by atoms with Gasteiger partial charge >= 0.3 is 12.0 Å². The Balaban J connectivity index is 2.12. The Morgan fingerprint density at radius 2 is 2.00 bits per heavy atom. The number of carboxylic acid groups (broad SMARTS) is 1. The van der Waals surface area contributed by atoms with Crippen LogP contribution in [0.5, 0.6) is 0 Å². The van der Waals surface area contributed by atoms with Crippen LogP contribution in [-0.4, -0.2) is 64.8 Å². The average Bonchev–Trinajstić information content (AvgIpc) is 2.97. The molecule has 1 aliphatic carbocycles. The SMILES string of the molecule is CCC1COC(C)CN1C(=O)N(CC(=O)O)C1CCCC1. The summed E-state index contributed by atoms with van der Waals surface area (Å²) < 4.78 is 5.62. The number of rotatable bonds is 4. The predicted octanol–water partition coefficient (Wildman–Crippen LogP) is 1.93. The summed E-state index contributed by atoms with van der Waals surface area (Å²) in [5, 5.41) is 9.13. The fourth-order valence-electron chi connectivity index (χ4n) is 3.30. The zero-order valence-corrected chi connectivity index (χ0v) is 13.0. The van der Waals surface area contributed by atoms with Crippen LogP contribution in [0.4, 0.5) is 4.79 Å². The Labute approximate surface area is 126 Å². The van der Waals surface area contributed by atoms with E-state index in [0.717, 1.165) is 32.1 Å². The van der Waals surface area contributed by atoms with Gasteiger partial charge in [-0.05, 0) is 26.2 Å². The summed E-state index contributed by atoms with van der Waals surface area (Å²) in [4.78, 5) is 27.4. The molecule has 2 aliphatic rings. The van der Waals surface area contributed by atoms with E-state index in [1.54, 1.807) is 4.90 Å². The van der Waals surface area contributed by atoms with Crippen molar-refractivity contribution in [3.8, 4) is 0 Å². The number of amides is 2. The van der Waals surface area contributed by atoms with Gasteiger partial charge < -0.3 is 19.6 Å². The highest BCUT2D eigenvalue weighted by atomic mass is 16.5. The van der Waals surface area contributed by atoms with E-state index in [4.69, 9.17) is 9.84 Å². The largest absolute Gasteiger partial charge is 0.480 e. The first kappa shape index (κ1) is 16.1. The molecule has 0 bridgehead atoms. The second-order valence-corrected chi connectivity index (χ2v) is 6.10. The Morgan fingerprint density at radius 3 is 2.57 bits per heavy atom. The Morgan fingerprint density at radius 1 is 1.33 bits per heavy atom. The van der Waals surface area contributed by atoms with Crippen molar-refractivity contribution in [3.63, 3.8) is 0 Å². The van der Waals surface area contributed by atoms with Crippen LogP contribution in [0.25, 0.3) is 0 Å². The third-order valence-electron chi connectivity index (χ3n) is 4.50. The van der Waals surface area contributed by atoms with E-state index in [1.165, 1.54) is 0 Å². The molecular weight excluding hydrogens is 272 g/mol. The van der Waals surface area contributed by atoms with Gasteiger partial charge in [0.05, 0.1) is 18.8 Å². The van der Waals surface area contributed by atoms with Crippen molar-refractivity contribution in [1.29, 1.82) is 0 Å². The number of nitrogens with zero attached hydrogens (tertiary/aromatic N) is 2. The van der Waals surface area contributed by atoms with Crippen LogP contribution >= 0.6 is 0 Å². The first-order chi connectivity index (χ1) is 10.0. The van der Waals surface area contributed by atoms with E-state index in [2.05, 4.69) is 0 Å². The third kappa shape index (κ3) is 3.87. The van der Waals surface area contributed by atoms with Crippen molar-refractivity contribution >= 4 is 12.0 Å². The fourth-order valence-corrected chi connectivity index (χ4v) is 3.30. The summed E-state index contributed by atoms with van der Waals surface area (Å²) in [6, 6.07) is -0.0121. The normalized spacial score (nSPS) is 26.9. The zero-order chi connectivity index (χ0) is 15.4. The number of hydrogen-bond acceptors (Lipinski definition) is 3. The van der Waals surface area contributed by atoms with Crippen LogP contribution in [0.2, 0.25) is 0 Å². The number of carbonyl (C=O) groups excluding carboxylic acids is 1. The maximum Gasteiger partial charge on any atom is 0.323 e. The number of hydrogen-bond donors (Lipinski definition) is 1. The molecule has 21 heavy (non-hydrogen) atoms. The van der Waals surface area contributed by atoms with E-state index in [0.29, 0.717) is 13.2 Å². The molecule has 2 unspecified atom stereocenters. The van der Waals surface area contributed by atoms with Gasteiger partial charge in [-0.1, -0.05) is 19.8 Å². The van der Waals surface area contributed by atoms with Gasteiger partial charge in [0, 0.05) is 12.6 Å². The van der Waals surface area contributed by atoms with Gasteiger partial charge in [-0.3, -0.25) is 4.79 Å². The molecule has 0 radical (unpaired) electrons. The number of aliphatic carboxylic acids is 1. The molecule has 2 fully saturated rings. The molecule has 1 N–H and O–H groups in total. The van der Waals surface area contributed by atoms with Crippen molar-refractivity contribution in [2.45, 2.75) is 64.1 Å². The van der Waals surface area contributed by atoms with Crippen molar-refractivity contribution in [1.82, 2.24) is 9.80 Å². The molecule has 6 heteroatoms. The van der Waals surface area contributed by atoms with Crippen LogP contribution in [0, 0.1) is 0 Å².